The van der Waals surface area contributed by atoms with E-state index >= 15 is 0 Å². The van der Waals surface area contributed by atoms with Crippen LogP contribution in [0.3, 0.4) is 0 Å². The number of hydrogen-bond donors (Lipinski definition) is 0. The predicted octanol–water partition coefficient (Wildman–Crippen LogP) is 2.26. The molecular formula is C14H15NO3. The van der Waals surface area contributed by atoms with Gasteiger partial charge in [-0.25, -0.2) is 0 Å². The zero-order chi connectivity index (χ0) is 13.5. The van der Waals surface area contributed by atoms with Gasteiger partial charge in [0.1, 0.15) is 5.75 Å². The van der Waals surface area contributed by atoms with E-state index in [1.165, 1.54) is 0 Å². The highest BCUT2D eigenvalue weighted by Gasteiger charge is 2.25. The molecule has 4 heteroatoms. The molecule has 0 atom stereocenters. The van der Waals surface area contributed by atoms with Gasteiger partial charge in [-0.3, -0.25) is 9.59 Å². The molecule has 0 radical (unpaired) electrons. The smallest absolute Gasteiger partial charge is 0.214 e. The van der Waals surface area contributed by atoms with Crippen LogP contribution in [0.5, 0.6) is 5.75 Å². The number of carbonyl (C=O) groups is 2. The number of rotatable bonds is 6. The topological polar surface area (TPSA) is 67.2 Å². The Bertz CT molecular complexity index is 455. The summed E-state index contributed by atoms with van der Waals surface area (Å²) < 4.78 is 5.41. The van der Waals surface area contributed by atoms with Gasteiger partial charge in [0.2, 0.25) is 6.10 Å². The van der Waals surface area contributed by atoms with Crippen molar-refractivity contribution < 1.29 is 14.3 Å². The molecule has 0 heterocycles. The number of Topliss-reactive ketones (excluding diaryl/α,β-unsaturated/α-hetero) is 2. The number of hydrogen-bond acceptors (Lipinski definition) is 4. The minimum atomic E-state index is -1.03. The van der Waals surface area contributed by atoms with Crippen LogP contribution in [0.15, 0.2) is 24.3 Å². The van der Waals surface area contributed by atoms with E-state index in [1.807, 2.05) is 6.07 Å². The molecule has 0 spiro atoms. The fraction of sp³-hybridized carbons (Fsp3) is 0.357. The summed E-state index contributed by atoms with van der Waals surface area (Å²) in [6.07, 6.45) is -0.521. The van der Waals surface area contributed by atoms with Crippen molar-refractivity contribution in [1.82, 2.24) is 0 Å². The van der Waals surface area contributed by atoms with Crippen molar-refractivity contribution in [2.24, 2.45) is 0 Å². The van der Waals surface area contributed by atoms with Crippen LogP contribution in [0.2, 0.25) is 0 Å². The molecule has 0 unspecified atom stereocenters. The summed E-state index contributed by atoms with van der Waals surface area (Å²) in [5.41, 5.74) is 0.502. The van der Waals surface area contributed by atoms with Gasteiger partial charge in [-0.05, 0) is 24.3 Å². The van der Waals surface area contributed by atoms with Gasteiger partial charge in [-0.2, -0.15) is 5.26 Å². The molecule has 0 aliphatic rings. The lowest BCUT2D eigenvalue weighted by molar-refractivity contribution is -0.136. The Labute approximate surface area is 106 Å². The lowest BCUT2D eigenvalue weighted by Gasteiger charge is -2.15. The number of carbonyl (C=O) groups excluding carboxylic acids is 2. The number of nitriles is 1. The largest absolute Gasteiger partial charge is 0.475 e. The molecule has 0 aromatic heterocycles. The second-order valence-corrected chi connectivity index (χ2v) is 3.77. The minimum Gasteiger partial charge on any atom is -0.475 e. The Hall–Kier alpha value is -2.15. The minimum absolute atomic E-state index is 0.230. The Morgan fingerprint density at radius 1 is 1.17 bits per heavy atom. The lowest BCUT2D eigenvalue weighted by Crippen LogP contribution is -2.35. The van der Waals surface area contributed by atoms with Crippen molar-refractivity contribution in [2.75, 3.05) is 0 Å². The molecule has 1 aromatic rings. The van der Waals surface area contributed by atoms with E-state index in [2.05, 4.69) is 0 Å². The van der Waals surface area contributed by atoms with Crippen LogP contribution in [0.25, 0.3) is 0 Å². The van der Waals surface area contributed by atoms with E-state index in [4.69, 9.17) is 10.00 Å². The molecule has 94 valence electrons. The van der Waals surface area contributed by atoms with Crippen molar-refractivity contribution in [3.05, 3.63) is 29.8 Å². The average Bonchev–Trinajstić information content (AvgIpc) is 2.43. The molecule has 0 aliphatic heterocycles. The molecule has 0 saturated carbocycles. The Morgan fingerprint density at radius 3 is 2.06 bits per heavy atom. The molecule has 0 N–H and O–H groups in total. The third-order valence-electron chi connectivity index (χ3n) is 2.52. The monoisotopic (exact) mass is 245 g/mol. The first kappa shape index (κ1) is 13.9. The predicted molar refractivity (Wildman–Crippen MR) is 66.2 cm³/mol. The number of ketones is 2. The maximum Gasteiger partial charge on any atom is 0.214 e. The summed E-state index contributed by atoms with van der Waals surface area (Å²) in [6, 6.07) is 8.31. The van der Waals surface area contributed by atoms with Gasteiger partial charge in [0.15, 0.2) is 11.6 Å². The normalized spacial score (nSPS) is 9.89. The zero-order valence-corrected chi connectivity index (χ0v) is 10.5. The average molecular weight is 245 g/mol. The van der Waals surface area contributed by atoms with E-state index in [9.17, 15) is 9.59 Å². The molecule has 4 nitrogen and oxygen atoms in total. The van der Waals surface area contributed by atoms with Crippen molar-refractivity contribution >= 4 is 11.6 Å². The van der Waals surface area contributed by atoms with Crippen LogP contribution >= 0.6 is 0 Å². The van der Waals surface area contributed by atoms with Crippen LogP contribution < -0.4 is 4.74 Å². The van der Waals surface area contributed by atoms with Crippen molar-refractivity contribution in [3.8, 4) is 11.8 Å². The Morgan fingerprint density at radius 2 is 1.67 bits per heavy atom. The second-order valence-electron chi connectivity index (χ2n) is 3.77. The third-order valence-corrected chi connectivity index (χ3v) is 2.52. The summed E-state index contributed by atoms with van der Waals surface area (Å²) in [7, 11) is 0. The standard InChI is InChI=1S/C14H15NO3/c1-3-12(16)14(13(17)4-2)18-11-7-5-10(9-15)6-8-11/h5-8,14H,3-4H2,1-2H3. The van der Waals surface area contributed by atoms with Gasteiger partial charge < -0.3 is 4.74 Å². The number of benzene rings is 1. The van der Waals surface area contributed by atoms with Crippen LogP contribution in [0.1, 0.15) is 32.3 Å². The second kappa shape index (κ2) is 6.55. The fourth-order valence-electron chi connectivity index (χ4n) is 1.43. The first-order chi connectivity index (χ1) is 8.62. The van der Waals surface area contributed by atoms with E-state index in [1.54, 1.807) is 38.1 Å². The molecule has 0 aliphatic carbocycles. The SMILES string of the molecule is CCC(=O)C(Oc1ccc(C#N)cc1)C(=O)CC. The van der Waals surface area contributed by atoms with Crippen LogP contribution in [0.4, 0.5) is 0 Å². The van der Waals surface area contributed by atoms with Crippen LogP contribution in [-0.2, 0) is 9.59 Å². The third kappa shape index (κ3) is 3.42. The highest BCUT2D eigenvalue weighted by molar-refractivity contribution is 6.05. The maximum absolute atomic E-state index is 11.6. The lowest BCUT2D eigenvalue weighted by atomic mass is 10.1. The van der Waals surface area contributed by atoms with Gasteiger partial charge in [-0.15, -0.1) is 0 Å². The maximum atomic E-state index is 11.6. The van der Waals surface area contributed by atoms with Gasteiger partial charge in [0.25, 0.3) is 0 Å². The first-order valence-electron chi connectivity index (χ1n) is 5.84. The summed E-state index contributed by atoms with van der Waals surface area (Å²) in [4.78, 5) is 23.3. The highest BCUT2D eigenvalue weighted by atomic mass is 16.5. The van der Waals surface area contributed by atoms with E-state index in [0.29, 0.717) is 11.3 Å². The van der Waals surface area contributed by atoms with E-state index in [-0.39, 0.29) is 24.4 Å². The van der Waals surface area contributed by atoms with Gasteiger partial charge in [-0.1, -0.05) is 13.8 Å². The van der Waals surface area contributed by atoms with Crippen molar-refractivity contribution in [3.63, 3.8) is 0 Å². The summed E-state index contributed by atoms with van der Waals surface area (Å²) in [5, 5.41) is 8.66. The summed E-state index contributed by atoms with van der Waals surface area (Å²) in [6.45, 7) is 3.39. The van der Waals surface area contributed by atoms with Crippen molar-refractivity contribution in [1.29, 1.82) is 5.26 Å². The highest BCUT2D eigenvalue weighted by Crippen LogP contribution is 2.15. The Kier molecular flexibility index (Phi) is 5.06. The molecular weight excluding hydrogens is 230 g/mol. The molecule has 1 aromatic carbocycles. The quantitative estimate of drug-likeness (QED) is 0.721. The van der Waals surface area contributed by atoms with Crippen LogP contribution in [0, 0.1) is 11.3 Å². The van der Waals surface area contributed by atoms with Crippen LogP contribution in [-0.4, -0.2) is 17.7 Å². The summed E-state index contributed by atoms with van der Waals surface area (Å²) in [5.74, 6) is -0.0416. The number of nitrogens with zero attached hydrogens (tertiary/aromatic N) is 1. The molecule has 0 bridgehead atoms. The van der Waals surface area contributed by atoms with E-state index < -0.39 is 6.10 Å². The molecule has 0 saturated heterocycles. The summed E-state index contributed by atoms with van der Waals surface area (Å²) >= 11 is 0. The van der Waals surface area contributed by atoms with Crippen molar-refractivity contribution in [2.45, 2.75) is 32.8 Å². The molecule has 1 rings (SSSR count). The fourth-order valence-corrected chi connectivity index (χ4v) is 1.43. The van der Waals surface area contributed by atoms with Gasteiger partial charge >= 0.3 is 0 Å². The number of ether oxygens (including phenoxy) is 1. The molecule has 0 amide bonds. The molecule has 0 fully saturated rings. The Balaban J connectivity index is 2.86. The van der Waals surface area contributed by atoms with E-state index in [0.717, 1.165) is 0 Å². The van der Waals surface area contributed by atoms with Gasteiger partial charge in [0.05, 0.1) is 11.6 Å². The zero-order valence-electron chi connectivity index (χ0n) is 10.5. The van der Waals surface area contributed by atoms with Gasteiger partial charge in [0, 0.05) is 12.8 Å². The first-order valence-corrected chi connectivity index (χ1v) is 5.84. The molecule has 18 heavy (non-hydrogen) atoms.